The van der Waals surface area contributed by atoms with Crippen molar-refractivity contribution in [3.63, 3.8) is 0 Å². The van der Waals surface area contributed by atoms with E-state index >= 15 is 0 Å². The van der Waals surface area contributed by atoms with Gasteiger partial charge in [-0.1, -0.05) is 11.3 Å². The minimum atomic E-state index is -5.63. The van der Waals surface area contributed by atoms with Crippen LogP contribution in [0.3, 0.4) is 0 Å². The van der Waals surface area contributed by atoms with Crippen LogP contribution in [0.1, 0.15) is 10.0 Å². The van der Waals surface area contributed by atoms with Crippen LogP contribution < -0.4 is 5.32 Å². The molecule has 0 aliphatic carbocycles. The largest absolute Gasteiger partial charge is 0.460 e. The zero-order valence-corrected chi connectivity index (χ0v) is 8.92. The maximum atomic E-state index is 12.8. The minimum Gasteiger partial charge on any atom is -0.319 e. The second-order valence-electron chi connectivity index (χ2n) is 2.93. The van der Waals surface area contributed by atoms with Gasteiger partial charge in [-0.05, 0) is 7.05 Å². The fraction of sp³-hybridized carbons (Fsp3) is 0.714. The molecule has 0 unspecified atom stereocenters. The van der Waals surface area contributed by atoms with Crippen LogP contribution in [0, 0.1) is 0 Å². The van der Waals surface area contributed by atoms with Gasteiger partial charge in [-0.15, -0.1) is 10.2 Å². The lowest BCUT2D eigenvalue weighted by atomic mass is 10.3. The zero-order chi connectivity index (χ0) is 12.4. The van der Waals surface area contributed by atoms with Crippen molar-refractivity contribution >= 4 is 11.3 Å². The van der Waals surface area contributed by atoms with E-state index in [0.717, 1.165) is 0 Å². The molecule has 0 aromatic carbocycles. The monoisotopic (exact) mass is 261 g/mol. The predicted molar refractivity (Wildman–Crippen MR) is 47.5 cm³/mol. The first-order chi connectivity index (χ1) is 7.29. The molecule has 0 atom stereocenters. The number of nitrogens with zero attached hydrogens (tertiary/aromatic N) is 2. The molecule has 1 heterocycles. The van der Waals surface area contributed by atoms with Gasteiger partial charge in [-0.2, -0.15) is 22.0 Å². The molecule has 1 aromatic heterocycles. The Balaban J connectivity index is 2.85. The third kappa shape index (κ3) is 2.64. The second kappa shape index (κ2) is 4.58. The zero-order valence-electron chi connectivity index (χ0n) is 8.11. The molecule has 0 radical (unpaired) electrons. The average Bonchev–Trinajstić information content (AvgIpc) is 2.61. The molecule has 92 valence electrons. The standard InChI is InChI=1S/C7H8F5N3S/c1-13-3-2-4-14-15-5(16-4)6(8,9)7(10,11)12/h13H,2-3H2,1H3. The van der Waals surface area contributed by atoms with Crippen molar-refractivity contribution in [2.24, 2.45) is 0 Å². The van der Waals surface area contributed by atoms with Gasteiger partial charge in [0.15, 0.2) is 5.01 Å². The van der Waals surface area contributed by atoms with E-state index in [1.165, 1.54) is 0 Å². The van der Waals surface area contributed by atoms with E-state index in [0.29, 0.717) is 6.54 Å². The van der Waals surface area contributed by atoms with Gasteiger partial charge in [-0.3, -0.25) is 0 Å². The van der Waals surface area contributed by atoms with Crippen LogP contribution in [-0.4, -0.2) is 30.0 Å². The molecule has 16 heavy (non-hydrogen) atoms. The summed E-state index contributed by atoms with van der Waals surface area (Å²) in [6, 6.07) is 0. The fourth-order valence-electron chi connectivity index (χ4n) is 0.835. The quantitative estimate of drug-likeness (QED) is 0.842. The number of aromatic nitrogens is 2. The number of likely N-dealkylation sites (N-methyl/N-ethyl adjacent to an activating group) is 1. The number of hydrogen-bond acceptors (Lipinski definition) is 4. The summed E-state index contributed by atoms with van der Waals surface area (Å²) in [4.78, 5) is 0. The van der Waals surface area contributed by atoms with Crippen molar-refractivity contribution in [2.75, 3.05) is 13.6 Å². The van der Waals surface area contributed by atoms with E-state index in [-0.39, 0.29) is 22.8 Å². The second-order valence-corrected chi connectivity index (χ2v) is 3.99. The van der Waals surface area contributed by atoms with Crippen molar-refractivity contribution in [3.8, 4) is 0 Å². The molecular weight excluding hydrogens is 253 g/mol. The molecule has 1 rings (SSSR count). The minimum absolute atomic E-state index is 0.147. The Labute approximate surface area is 91.7 Å². The Hall–Kier alpha value is -0.830. The van der Waals surface area contributed by atoms with Crippen LogP contribution in [0.2, 0.25) is 0 Å². The van der Waals surface area contributed by atoms with Crippen LogP contribution in [0.5, 0.6) is 0 Å². The molecule has 0 bridgehead atoms. The van der Waals surface area contributed by atoms with Crippen LogP contribution in [-0.2, 0) is 12.3 Å². The summed E-state index contributed by atoms with van der Waals surface area (Å²) in [5.41, 5.74) is 0. The smallest absolute Gasteiger partial charge is 0.319 e. The molecule has 9 heteroatoms. The van der Waals surface area contributed by atoms with Crippen molar-refractivity contribution in [1.82, 2.24) is 15.5 Å². The maximum absolute atomic E-state index is 12.8. The molecule has 0 saturated carbocycles. The third-order valence-electron chi connectivity index (χ3n) is 1.68. The van der Waals surface area contributed by atoms with Crippen LogP contribution >= 0.6 is 11.3 Å². The molecule has 0 fully saturated rings. The third-order valence-corrected chi connectivity index (χ3v) is 2.73. The lowest BCUT2D eigenvalue weighted by Crippen LogP contribution is -2.33. The lowest BCUT2D eigenvalue weighted by Gasteiger charge is -2.15. The van der Waals surface area contributed by atoms with Gasteiger partial charge in [0.05, 0.1) is 0 Å². The summed E-state index contributed by atoms with van der Waals surface area (Å²) in [6.45, 7) is 0.437. The van der Waals surface area contributed by atoms with Gasteiger partial charge < -0.3 is 5.32 Å². The Bertz CT molecular complexity index is 348. The van der Waals surface area contributed by atoms with E-state index in [4.69, 9.17) is 0 Å². The first-order valence-electron chi connectivity index (χ1n) is 4.21. The summed E-state index contributed by atoms with van der Waals surface area (Å²) in [5, 5.41) is 7.72. The van der Waals surface area contributed by atoms with Crippen molar-refractivity contribution in [2.45, 2.75) is 18.5 Å². The Morgan fingerprint density at radius 3 is 2.31 bits per heavy atom. The molecule has 1 N–H and O–H groups in total. The highest BCUT2D eigenvalue weighted by Gasteiger charge is 2.61. The highest BCUT2D eigenvalue weighted by molar-refractivity contribution is 7.11. The highest BCUT2D eigenvalue weighted by Crippen LogP contribution is 2.44. The SMILES string of the molecule is CNCCc1nnc(C(F)(F)C(F)(F)F)s1. The summed E-state index contributed by atoms with van der Waals surface area (Å²) < 4.78 is 61.4. The predicted octanol–water partition coefficient (Wildman–Crippen LogP) is 1.95. The van der Waals surface area contributed by atoms with Gasteiger partial charge in [0.1, 0.15) is 5.01 Å². The summed E-state index contributed by atoms with van der Waals surface area (Å²) in [7, 11) is 1.63. The molecule has 1 aromatic rings. The fourth-order valence-corrected chi connectivity index (χ4v) is 1.67. The maximum Gasteiger partial charge on any atom is 0.460 e. The summed E-state index contributed by atoms with van der Waals surface area (Å²) in [6.07, 6.45) is -5.37. The molecule has 0 aliphatic heterocycles. The normalized spacial score (nSPS) is 13.1. The van der Waals surface area contributed by atoms with E-state index in [1.54, 1.807) is 7.05 Å². The Morgan fingerprint density at radius 2 is 1.81 bits per heavy atom. The van der Waals surface area contributed by atoms with E-state index in [2.05, 4.69) is 15.5 Å². The topological polar surface area (TPSA) is 37.8 Å². The molecule has 0 aliphatic rings. The number of alkyl halides is 5. The van der Waals surface area contributed by atoms with Gasteiger partial charge >= 0.3 is 12.1 Å². The first kappa shape index (κ1) is 13.2. The van der Waals surface area contributed by atoms with Crippen molar-refractivity contribution in [1.29, 1.82) is 0 Å². The molecule has 0 spiro atoms. The first-order valence-corrected chi connectivity index (χ1v) is 5.02. The van der Waals surface area contributed by atoms with E-state index < -0.39 is 17.1 Å². The highest BCUT2D eigenvalue weighted by atomic mass is 32.1. The Morgan fingerprint density at radius 1 is 1.19 bits per heavy atom. The molecule has 0 saturated heterocycles. The lowest BCUT2D eigenvalue weighted by molar-refractivity contribution is -0.289. The van der Waals surface area contributed by atoms with Gasteiger partial charge in [0, 0.05) is 13.0 Å². The average molecular weight is 261 g/mol. The summed E-state index contributed by atoms with van der Waals surface area (Å²) in [5.74, 6) is -4.93. The summed E-state index contributed by atoms with van der Waals surface area (Å²) >= 11 is 0.274. The van der Waals surface area contributed by atoms with Crippen molar-refractivity contribution < 1.29 is 22.0 Å². The number of halogens is 5. The van der Waals surface area contributed by atoms with E-state index in [9.17, 15) is 22.0 Å². The molecule has 3 nitrogen and oxygen atoms in total. The van der Waals surface area contributed by atoms with E-state index in [1.807, 2.05) is 0 Å². The number of rotatable bonds is 4. The van der Waals surface area contributed by atoms with Crippen LogP contribution in [0.25, 0.3) is 0 Å². The van der Waals surface area contributed by atoms with Gasteiger partial charge in [0.2, 0.25) is 0 Å². The number of nitrogens with one attached hydrogen (secondary N) is 1. The number of hydrogen-bond donors (Lipinski definition) is 1. The van der Waals surface area contributed by atoms with Gasteiger partial charge in [-0.25, -0.2) is 0 Å². The van der Waals surface area contributed by atoms with Crippen LogP contribution in [0.15, 0.2) is 0 Å². The van der Waals surface area contributed by atoms with Gasteiger partial charge in [0.25, 0.3) is 0 Å². The van der Waals surface area contributed by atoms with Crippen LogP contribution in [0.4, 0.5) is 22.0 Å². The molecule has 0 amide bonds. The molecular formula is C7H8F5N3S. The Kier molecular flexibility index (Phi) is 3.79. The van der Waals surface area contributed by atoms with Crippen molar-refractivity contribution in [3.05, 3.63) is 10.0 Å².